The van der Waals surface area contributed by atoms with Crippen LogP contribution in [0.5, 0.6) is 0 Å². The summed E-state index contributed by atoms with van der Waals surface area (Å²) >= 11 is 0. The van der Waals surface area contributed by atoms with Crippen molar-refractivity contribution in [2.45, 2.75) is 45.6 Å². The molecule has 8 heteroatoms. The van der Waals surface area contributed by atoms with Crippen LogP contribution < -0.4 is 0 Å². The monoisotopic (exact) mass is 321 g/mol. The van der Waals surface area contributed by atoms with Gasteiger partial charge in [0.25, 0.3) is 0 Å². The van der Waals surface area contributed by atoms with Gasteiger partial charge < -0.3 is 9.47 Å². The molecule has 0 aromatic rings. The Balaban J connectivity index is 2.73. The molecule has 0 radical (unpaired) electrons. The highest BCUT2D eigenvalue weighted by atomic mass is 32.2. The van der Waals surface area contributed by atoms with Gasteiger partial charge in [0.15, 0.2) is 0 Å². The molecular formula is C13H23NO6S. The normalized spacial score (nSPS) is 20.0. The molecule has 21 heavy (non-hydrogen) atoms. The number of hydrogen-bond acceptors (Lipinski definition) is 6. The number of piperidine rings is 1. The van der Waals surface area contributed by atoms with E-state index in [1.54, 1.807) is 13.8 Å². The van der Waals surface area contributed by atoms with Crippen LogP contribution in [-0.4, -0.2) is 56.2 Å². The van der Waals surface area contributed by atoms with Crippen molar-refractivity contribution in [2.24, 2.45) is 0 Å². The third-order valence-electron chi connectivity index (χ3n) is 3.24. The number of carbonyl (C=O) groups is 2. The molecule has 0 saturated carbocycles. The number of nitrogens with zero attached hydrogens (tertiary/aromatic N) is 1. The minimum Gasteiger partial charge on any atom is -0.466 e. The lowest BCUT2D eigenvalue weighted by molar-refractivity contribution is -0.148. The second-order valence-corrected chi connectivity index (χ2v) is 6.79. The molecule has 1 heterocycles. The number of rotatable bonds is 7. The van der Waals surface area contributed by atoms with Gasteiger partial charge in [-0.3, -0.25) is 9.59 Å². The summed E-state index contributed by atoms with van der Waals surface area (Å²) in [4.78, 5) is 23.2. The first-order valence-electron chi connectivity index (χ1n) is 7.24. The fourth-order valence-electron chi connectivity index (χ4n) is 2.27. The Morgan fingerprint density at radius 3 is 2.43 bits per heavy atom. The maximum Gasteiger partial charge on any atom is 0.324 e. The van der Waals surface area contributed by atoms with Gasteiger partial charge in [0, 0.05) is 6.54 Å². The molecule has 7 nitrogen and oxygen atoms in total. The third-order valence-corrected chi connectivity index (χ3v) is 5.11. The quantitative estimate of drug-likeness (QED) is 0.641. The van der Waals surface area contributed by atoms with E-state index >= 15 is 0 Å². The van der Waals surface area contributed by atoms with Gasteiger partial charge in [-0.15, -0.1) is 0 Å². The summed E-state index contributed by atoms with van der Waals surface area (Å²) in [6.07, 6.45) is 1.74. The van der Waals surface area contributed by atoms with Gasteiger partial charge in [0.2, 0.25) is 10.0 Å². The van der Waals surface area contributed by atoms with Crippen molar-refractivity contribution in [1.82, 2.24) is 4.31 Å². The van der Waals surface area contributed by atoms with Gasteiger partial charge in [-0.05, 0) is 33.1 Å². The second-order valence-electron chi connectivity index (χ2n) is 4.75. The standard InChI is InChI=1S/C13H23NO6S/c1-3-19-12(15)8-10-21(17,18)14-9-6-5-7-11(14)13(16)20-4-2/h11H,3-10H2,1-2H3. The maximum absolute atomic E-state index is 12.3. The van der Waals surface area contributed by atoms with Gasteiger partial charge in [-0.2, -0.15) is 4.31 Å². The maximum atomic E-state index is 12.3. The molecule has 0 aromatic carbocycles. The molecule has 0 N–H and O–H groups in total. The van der Waals surface area contributed by atoms with Crippen LogP contribution in [0.25, 0.3) is 0 Å². The highest BCUT2D eigenvalue weighted by Gasteiger charge is 2.37. The lowest BCUT2D eigenvalue weighted by Gasteiger charge is -2.32. The molecule has 0 aliphatic carbocycles. The van der Waals surface area contributed by atoms with Crippen molar-refractivity contribution >= 4 is 22.0 Å². The topological polar surface area (TPSA) is 90.0 Å². The smallest absolute Gasteiger partial charge is 0.324 e. The van der Waals surface area contributed by atoms with Crippen molar-refractivity contribution in [1.29, 1.82) is 0 Å². The van der Waals surface area contributed by atoms with E-state index in [9.17, 15) is 18.0 Å². The molecule has 0 amide bonds. The number of hydrogen-bond donors (Lipinski definition) is 0. The van der Waals surface area contributed by atoms with Gasteiger partial charge in [0.05, 0.1) is 25.4 Å². The summed E-state index contributed by atoms with van der Waals surface area (Å²) < 4.78 is 35.5. The second kappa shape index (κ2) is 8.33. The predicted octanol–water partition coefficient (Wildman–Crippen LogP) is 0.687. The summed E-state index contributed by atoms with van der Waals surface area (Å²) in [6, 6.07) is -0.772. The van der Waals surface area contributed by atoms with E-state index in [0.29, 0.717) is 12.8 Å². The van der Waals surface area contributed by atoms with Gasteiger partial charge in [-0.25, -0.2) is 8.42 Å². The average molecular weight is 321 g/mol. The van der Waals surface area contributed by atoms with Crippen LogP contribution in [-0.2, 0) is 29.1 Å². The van der Waals surface area contributed by atoms with Gasteiger partial charge in [-0.1, -0.05) is 0 Å². The highest BCUT2D eigenvalue weighted by Crippen LogP contribution is 2.22. The molecule has 1 aliphatic rings. The van der Waals surface area contributed by atoms with Crippen LogP contribution in [0.1, 0.15) is 39.5 Å². The van der Waals surface area contributed by atoms with E-state index in [2.05, 4.69) is 0 Å². The zero-order valence-electron chi connectivity index (χ0n) is 12.5. The SMILES string of the molecule is CCOC(=O)CCS(=O)(=O)N1CCCCC1C(=O)OCC. The van der Waals surface area contributed by atoms with Crippen molar-refractivity contribution < 1.29 is 27.5 Å². The molecule has 1 rings (SSSR count). The number of ether oxygens (including phenoxy) is 2. The summed E-state index contributed by atoms with van der Waals surface area (Å²) in [6.45, 7) is 4.06. The summed E-state index contributed by atoms with van der Waals surface area (Å²) in [5.41, 5.74) is 0. The van der Waals surface area contributed by atoms with E-state index in [0.717, 1.165) is 6.42 Å². The molecule has 1 atom stereocenters. The zero-order chi connectivity index (χ0) is 15.9. The van der Waals surface area contributed by atoms with E-state index < -0.39 is 28.0 Å². The van der Waals surface area contributed by atoms with Crippen molar-refractivity contribution in [3.63, 3.8) is 0 Å². The van der Waals surface area contributed by atoms with Gasteiger partial charge >= 0.3 is 11.9 Å². The number of carbonyl (C=O) groups excluding carboxylic acids is 2. The zero-order valence-corrected chi connectivity index (χ0v) is 13.4. The van der Waals surface area contributed by atoms with Crippen LogP contribution in [0.2, 0.25) is 0 Å². The van der Waals surface area contributed by atoms with Crippen LogP contribution in [0.4, 0.5) is 0 Å². The number of sulfonamides is 1. The lowest BCUT2D eigenvalue weighted by Crippen LogP contribution is -2.49. The molecule has 0 bridgehead atoms. The molecule has 0 spiro atoms. The average Bonchev–Trinajstić information content (AvgIpc) is 2.46. The van der Waals surface area contributed by atoms with E-state index in [1.165, 1.54) is 4.31 Å². The predicted molar refractivity (Wildman–Crippen MR) is 76.0 cm³/mol. The minimum absolute atomic E-state index is 0.206. The molecule has 1 fully saturated rings. The highest BCUT2D eigenvalue weighted by molar-refractivity contribution is 7.89. The van der Waals surface area contributed by atoms with Crippen molar-refractivity contribution in [3.8, 4) is 0 Å². The molecule has 0 aromatic heterocycles. The first-order chi connectivity index (χ1) is 9.92. The Hall–Kier alpha value is -1.15. The Morgan fingerprint density at radius 2 is 1.81 bits per heavy atom. The van der Waals surface area contributed by atoms with Crippen LogP contribution in [0, 0.1) is 0 Å². The van der Waals surface area contributed by atoms with E-state index in [1.807, 2.05) is 0 Å². The third kappa shape index (κ3) is 5.28. The van der Waals surface area contributed by atoms with E-state index in [4.69, 9.17) is 9.47 Å². The first-order valence-corrected chi connectivity index (χ1v) is 8.85. The number of esters is 2. The van der Waals surface area contributed by atoms with Crippen LogP contribution in [0.15, 0.2) is 0 Å². The molecule has 1 saturated heterocycles. The molecule has 122 valence electrons. The van der Waals surface area contributed by atoms with Crippen LogP contribution >= 0.6 is 0 Å². The molecular weight excluding hydrogens is 298 g/mol. The Bertz CT molecular complexity index is 461. The lowest BCUT2D eigenvalue weighted by atomic mass is 10.1. The molecule has 1 aliphatic heterocycles. The first kappa shape index (κ1) is 17.9. The Kier molecular flexibility index (Phi) is 7.10. The minimum atomic E-state index is -3.68. The summed E-state index contributed by atoms with van der Waals surface area (Å²) in [7, 11) is -3.68. The fraction of sp³-hybridized carbons (Fsp3) is 0.846. The van der Waals surface area contributed by atoms with Crippen molar-refractivity contribution in [3.05, 3.63) is 0 Å². The summed E-state index contributed by atoms with van der Waals surface area (Å²) in [5, 5.41) is 0. The molecule has 1 unspecified atom stereocenters. The van der Waals surface area contributed by atoms with Crippen LogP contribution in [0.3, 0.4) is 0 Å². The van der Waals surface area contributed by atoms with Gasteiger partial charge in [0.1, 0.15) is 6.04 Å². The fourth-order valence-corrected chi connectivity index (χ4v) is 3.92. The Labute approximate surface area is 125 Å². The largest absolute Gasteiger partial charge is 0.466 e. The summed E-state index contributed by atoms with van der Waals surface area (Å²) in [5.74, 6) is -1.41. The Morgan fingerprint density at radius 1 is 1.14 bits per heavy atom. The van der Waals surface area contributed by atoms with Crippen molar-refractivity contribution in [2.75, 3.05) is 25.5 Å². The van der Waals surface area contributed by atoms with E-state index in [-0.39, 0.29) is 31.9 Å².